The molecule has 2 aliphatic heterocycles. The summed E-state index contributed by atoms with van der Waals surface area (Å²) >= 11 is 6.68. The van der Waals surface area contributed by atoms with Crippen LogP contribution in [0.3, 0.4) is 0 Å². The van der Waals surface area contributed by atoms with Crippen LogP contribution in [0, 0.1) is 11.8 Å². The van der Waals surface area contributed by atoms with Crippen molar-refractivity contribution in [2.75, 3.05) is 49.6 Å². The van der Waals surface area contributed by atoms with Gasteiger partial charge in [-0.25, -0.2) is 9.37 Å². The molecule has 1 saturated carbocycles. The molecular weight excluding hydrogens is 495 g/mol. The number of alkyl halides is 1. The van der Waals surface area contributed by atoms with Gasteiger partial charge in [0.1, 0.15) is 12.0 Å². The van der Waals surface area contributed by atoms with E-state index < -0.39 is 11.7 Å². The van der Waals surface area contributed by atoms with Crippen LogP contribution in [0.15, 0.2) is 36.8 Å². The maximum atomic E-state index is 14.5. The highest BCUT2D eigenvalue weighted by Crippen LogP contribution is 2.54. The Morgan fingerprint density at radius 2 is 1.97 bits per heavy atom. The van der Waals surface area contributed by atoms with Gasteiger partial charge in [-0.3, -0.25) is 14.4 Å². The third kappa shape index (κ3) is 4.36. The molecule has 2 saturated heterocycles. The number of piperazine rings is 1. The Morgan fingerprint density at radius 3 is 2.65 bits per heavy atom. The molecule has 0 bridgehead atoms. The molecule has 1 amide bonds. The summed E-state index contributed by atoms with van der Waals surface area (Å²) in [7, 11) is 1.88. The molecule has 3 aliphatic rings. The second kappa shape index (κ2) is 9.22. The van der Waals surface area contributed by atoms with Crippen molar-refractivity contribution in [3.8, 4) is 0 Å². The van der Waals surface area contributed by atoms with E-state index in [4.69, 9.17) is 16.3 Å². The molecular formula is C27H32ClFN6O2. The Kier molecular flexibility index (Phi) is 6.12. The Labute approximate surface area is 220 Å². The summed E-state index contributed by atoms with van der Waals surface area (Å²) in [4.78, 5) is 21.9. The van der Waals surface area contributed by atoms with E-state index in [1.807, 2.05) is 38.5 Å². The Bertz CT molecular complexity index is 1340. The quantitative estimate of drug-likeness (QED) is 0.544. The Hall–Kier alpha value is -2.75. The number of carbonyl (C=O) groups excluding carboxylic acids is 1. The number of rotatable bonds is 5. The van der Waals surface area contributed by atoms with E-state index in [9.17, 15) is 9.18 Å². The van der Waals surface area contributed by atoms with Crippen molar-refractivity contribution < 1.29 is 13.9 Å². The number of nitrogens with zero attached hydrogens (tertiary/aromatic N) is 5. The lowest BCUT2D eigenvalue weighted by molar-refractivity contribution is -0.117. The number of nitrogens with one attached hydrogen (secondary N) is 1. The molecule has 0 spiro atoms. The second-order valence-electron chi connectivity index (χ2n) is 10.9. The van der Waals surface area contributed by atoms with Crippen LogP contribution in [0.2, 0.25) is 5.02 Å². The number of hydrogen-bond donors (Lipinski definition) is 1. The Balaban J connectivity index is 1.16. The molecule has 3 unspecified atom stereocenters. The van der Waals surface area contributed by atoms with Crippen LogP contribution in [0.5, 0.6) is 0 Å². The predicted octanol–water partition coefficient (Wildman–Crippen LogP) is 3.86. The van der Waals surface area contributed by atoms with Gasteiger partial charge in [-0.05, 0) is 42.0 Å². The van der Waals surface area contributed by atoms with Crippen molar-refractivity contribution in [3.05, 3.63) is 47.4 Å². The average Bonchev–Trinajstić information content (AvgIpc) is 3.15. The van der Waals surface area contributed by atoms with Crippen LogP contribution in [0.1, 0.15) is 25.3 Å². The maximum absolute atomic E-state index is 14.5. The van der Waals surface area contributed by atoms with Crippen molar-refractivity contribution in [1.29, 1.82) is 0 Å². The molecule has 1 N–H and O–H groups in total. The van der Waals surface area contributed by atoms with Crippen LogP contribution >= 0.6 is 11.6 Å². The summed E-state index contributed by atoms with van der Waals surface area (Å²) in [5.41, 5.74) is 1.47. The van der Waals surface area contributed by atoms with Gasteiger partial charge >= 0.3 is 0 Å². The molecule has 2 aromatic heterocycles. The minimum Gasteiger partial charge on any atom is -0.376 e. The van der Waals surface area contributed by atoms with Crippen molar-refractivity contribution in [3.63, 3.8) is 0 Å². The Morgan fingerprint density at radius 1 is 1.19 bits per heavy atom. The SMILES string of the molecule is CC1C(C(=O)Nc2cc3cc(N4CCN([C@]5(C)COC[C@@H]5F)CC4)c(Cl)cc3cn2)C1c1cnn(C)c1. The number of aromatic nitrogens is 3. The van der Waals surface area contributed by atoms with Gasteiger partial charge in [0.2, 0.25) is 5.91 Å². The van der Waals surface area contributed by atoms with Gasteiger partial charge in [-0.1, -0.05) is 18.5 Å². The van der Waals surface area contributed by atoms with Gasteiger partial charge in [0.15, 0.2) is 0 Å². The standard InChI is InChI=1S/C27H32ClFN6O2/c1-16-24(19-12-31-33(3)13-19)25(16)26(36)32-23-10-17-9-21(20(28)8-18(17)11-30-23)34-4-6-35(7-5-34)27(2)15-37-14-22(27)29/h8-13,16,22,24-25H,4-7,14-15H2,1-3H3,(H,30,32,36)/t16?,22-,24?,25?,27+/m0/s1. The summed E-state index contributed by atoms with van der Waals surface area (Å²) in [5, 5.41) is 9.78. The first kappa shape index (κ1) is 24.6. The summed E-state index contributed by atoms with van der Waals surface area (Å²) in [6.45, 7) is 7.62. The van der Waals surface area contributed by atoms with Gasteiger partial charge in [0.25, 0.3) is 0 Å². The molecule has 6 rings (SSSR count). The molecule has 37 heavy (non-hydrogen) atoms. The topological polar surface area (TPSA) is 75.5 Å². The number of pyridine rings is 1. The first-order valence-electron chi connectivity index (χ1n) is 12.8. The zero-order valence-electron chi connectivity index (χ0n) is 21.3. The molecule has 3 aromatic rings. The van der Waals surface area contributed by atoms with Crippen LogP contribution in [-0.2, 0) is 16.6 Å². The zero-order valence-corrected chi connectivity index (χ0v) is 22.1. The number of fused-ring (bicyclic) bond motifs is 1. The minimum absolute atomic E-state index is 0.0194. The van der Waals surface area contributed by atoms with Crippen molar-refractivity contribution in [2.24, 2.45) is 18.9 Å². The number of hydrogen-bond acceptors (Lipinski definition) is 6. The molecule has 1 aromatic carbocycles. The highest BCUT2D eigenvalue weighted by molar-refractivity contribution is 6.34. The van der Waals surface area contributed by atoms with Gasteiger partial charge in [0.05, 0.1) is 35.7 Å². The van der Waals surface area contributed by atoms with Gasteiger partial charge in [-0.2, -0.15) is 5.10 Å². The van der Waals surface area contributed by atoms with Crippen molar-refractivity contribution >= 4 is 39.8 Å². The van der Waals surface area contributed by atoms with E-state index in [0.717, 1.165) is 48.2 Å². The summed E-state index contributed by atoms with van der Waals surface area (Å²) < 4.78 is 21.7. The summed E-state index contributed by atoms with van der Waals surface area (Å²) in [5.74, 6) is 0.870. The fraction of sp³-hybridized carbons (Fsp3) is 0.519. The predicted molar refractivity (Wildman–Crippen MR) is 142 cm³/mol. The van der Waals surface area contributed by atoms with E-state index in [-0.39, 0.29) is 30.3 Å². The van der Waals surface area contributed by atoms with E-state index >= 15 is 0 Å². The van der Waals surface area contributed by atoms with Crippen LogP contribution in [0.4, 0.5) is 15.9 Å². The van der Waals surface area contributed by atoms with Gasteiger partial charge in [0, 0.05) is 62.8 Å². The van der Waals surface area contributed by atoms with E-state index in [1.165, 1.54) is 0 Å². The van der Waals surface area contributed by atoms with Crippen LogP contribution in [0.25, 0.3) is 10.8 Å². The third-order valence-electron chi connectivity index (χ3n) is 8.51. The fourth-order valence-electron chi connectivity index (χ4n) is 6.05. The van der Waals surface area contributed by atoms with Gasteiger partial charge < -0.3 is 15.0 Å². The number of carbonyl (C=O) groups is 1. The highest BCUT2D eigenvalue weighted by Gasteiger charge is 2.53. The van der Waals surface area contributed by atoms with Crippen LogP contribution in [-0.4, -0.2) is 76.7 Å². The van der Waals surface area contributed by atoms with E-state index in [1.54, 1.807) is 10.9 Å². The number of amides is 1. The van der Waals surface area contributed by atoms with E-state index in [2.05, 4.69) is 38.2 Å². The summed E-state index contributed by atoms with van der Waals surface area (Å²) in [6.07, 6.45) is 4.59. The molecule has 4 heterocycles. The second-order valence-corrected chi connectivity index (χ2v) is 11.3. The zero-order chi connectivity index (χ0) is 25.9. The smallest absolute Gasteiger partial charge is 0.229 e. The molecule has 0 radical (unpaired) electrons. The average molecular weight is 527 g/mol. The van der Waals surface area contributed by atoms with Crippen molar-refractivity contribution in [1.82, 2.24) is 19.7 Å². The number of aryl methyl sites for hydroxylation is 1. The first-order chi connectivity index (χ1) is 17.7. The highest BCUT2D eigenvalue weighted by atomic mass is 35.5. The molecule has 3 fully saturated rings. The van der Waals surface area contributed by atoms with Crippen molar-refractivity contribution in [2.45, 2.75) is 31.5 Å². The van der Waals surface area contributed by atoms with E-state index in [0.29, 0.717) is 17.4 Å². The molecule has 1 aliphatic carbocycles. The fourth-order valence-corrected chi connectivity index (χ4v) is 6.34. The largest absolute Gasteiger partial charge is 0.376 e. The lowest BCUT2D eigenvalue weighted by Gasteiger charge is -2.44. The number of anilines is 2. The molecule has 8 nitrogen and oxygen atoms in total. The third-order valence-corrected chi connectivity index (χ3v) is 8.81. The molecule has 196 valence electrons. The number of ether oxygens (including phenoxy) is 1. The lowest BCUT2D eigenvalue weighted by atomic mass is 9.96. The maximum Gasteiger partial charge on any atom is 0.229 e. The van der Waals surface area contributed by atoms with Gasteiger partial charge in [-0.15, -0.1) is 0 Å². The minimum atomic E-state index is -0.970. The molecule has 5 atom stereocenters. The van der Waals surface area contributed by atoms with Crippen LogP contribution < -0.4 is 10.2 Å². The normalized spacial score (nSPS) is 30.1. The lowest BCUT2D eigenvalue weighted by Crippen LogP contribution is -2.59. The summed E-state index contributed by atoms with van der Waals surface area (Å²) in [6, 6.07) is 5.88. The molecule has 10 heteroatoms. The first-order valence-corrected chi connectivity index (χ1v) is 13.2. The number of halogens is 2. The number of benzene rings is 1. The monoisotopic (exact) mass is 526 g/mol.